The number of rotatable bonds is 3. The van der Waals surface area contributed by atoms with Crippen LogP contribution in [0.3, 0.4) is 0 Å². The number of fused-ring (bicyclic) bond motifs is 1. The minimum absolute atomic E-state index is 0.967. The van der Waals surface area contributed by atoms with Gasteiger partial charge in [-0.05, 0) is 42.2 Å². The van der Waals surface area contributed by atoms with E-state index in [0.29, 0.717) is 0 Å². The Bertz CT molecular complexity index is 548. The summed E-state index contributed by atoms with van der Waals surface area (Å²) in [5.41, 5.74) is 5.53. The first kappa shape index (κ1) is 12.1. The van der Waals surface area contributed by atoms with Gasteiger partial charge in [0.05, 0.1) is 0 Å². The van der Waals surface area contributed by atoms with Crippen LogP contribution in [0.15, 0.2) is 48.5 Å². The molecule has 2 aromatic rings. The van der Waals surface area contributed by atoms with Gasteiger partial charge in [0.15, 0.2) is 0 Å². The fourth-order valence-electron chi connectivity index (χ4n) is 2.76. The molecule has 0 saturated carbocycles. The van der Waals surface area contributed by atoms with Crippen molar-refractivity contribution in [1.29, 1.82) is 0 Å². The Labute approximate surface area is 115 Å². The Balaban J connectivity index is 1.84. The number of hydrogen-bond acceptors (Lipinski definition) is 2. The first-order chi connectivity index (χ1) is 9.34. The van der Waals surface area contributed by atoms with Gasteiger partial charge in [0, 0.05) is 31.5 Å². The molecule has 0 aliphatic carbocycles. The average Bonchev–Trinajstić information content (AvgIpc) is 2.48. The second kappa shape index (κ2) is 5.35. The van der Waals surface area contributed by atoms with Crippen molar-refractivity contribution in [2.24, 2.45) is 0 Å². The highest BCUT2D eigenvalue weighted by molar-refractivity contribution is 5.57. The maximum absolute atomic E-state index is 3.50. The lowest BCUT2D eigenvalue weighted by Crippen LogP contribution is -2.20. The third kappa shape index (κ3) is 2.58. The van der Waals surface area contributed by atoms with E-state index in [-0.39, 0.29) is 0 Å². The van der Waals surface area contributed by atoms with Crippen LogP contribution < -0.4 is 10.2 Å². The summed E-state index contributed by atoms with van der Waals surface area (Å²) in [6, 6.07) is 17.2. The Kier molecular flexibility index (Phi) is 3.41. The molecule has 0 spiro atoms. The molecule has 3 rings (SSSR count). The highest BCUT2D eigenvalue weighted by Crippen LogP contribution is 2.27. The summed E-state index contributed by atoms with van der Waals surface area (Å²) in [7, 11) is 2.16. The molecule has 0 radical (unpaired) electrons. The summed E-state index contributed by atoms with van der Waals surface area (Å²) in [6.45, 7) is 2.07. The van der Waals surface area contributed by atoms with Crippen molar-refractivity contribution in [3.8, 4) is 0 Å². The van der Waals surface area contributed by atoms with Crippen LogP contribution in [0.5, 0.6) is 0 Å². The zero-order valence-corrected chi connectivity index (χ0v) is 11.4. The van der Waals surface area contributed by atoms with Gasteiger partial charge in [-0.2, -0.15) is 0 Å². The SMILES string of the molecule is CN(Cc1cccc2c1CCCN2)c1ccccc1. The fraction of sp³-hybridized carbons (Fsp3) is 0.294. The van der Waals surface area contributed by atoms with E-state index < -0.39 is 0 Å². The van der Waals surface area contributed by atoms with Crippen LogP contribution >= 0.6 is 0 Å². The van der Waals surface area contributed by atoms with Crippen LogP contribution in [-0.2, 0) is 13.0 Å². The number of para-hydroxylation sites is 1. The van der Waals surface area contributed by atoms with Crippen LogP contribution in [0.25, 0.3) is 0 Å². The number of benzene rings is 2. The Hall–Kier alpha value is -1.96. The van der Waals surface area contributed by atoms with Gasteiger partial charge in [0.25, 0.3) is 0 Å². The van der Waals surface area contributed by atoms with Gasteiger partial charge in [-0.25, -0.2) is 0 Å². The van der Waals surface area contributed by atoms with Crippen molar-refractivity contribution in [2.75, 3.05) is 23.8 Å². The lowest BCUT2D eigenvalue weighted by molar-refractivity contribution is 0.804. The van der Waals surface area contributed by atoms with E-state index in [1.54, 1.807) is 0 Å². The van der Waals surface area contributed by atoms with Gasteiger partial charge in [0.1, 0.15) is 0 Å². The van der Waals surface area contributed by atoms with Crippen molar-refractivity contribution in [2.45, 2.75) is 19.4 Å². The summed E-state index contributed by atoms with van der Waals surface area (Å²) in [4.78, 5) is 2.31. The van der Waals surface area contributed by atoms with Crippen molar-refractivity contribution < 1.29 is 0 Å². The maximum atomic E-state index is 3.50. The smallest absolute Gasteiger partial charge is 0.0429 e. The molecule has 0 unspecified atom stereocenters. The molecule has 1 aliphatic heterocycles. The average molecular weight is 252 g/mol. The monoisotopic (exact) mass is 252 g/mol. The largest absolute Gasteiger partial charge is 0.385 e. The zero-order valence-electron chi connectivity index (χ0n) is 11.4. The van der Waals surface area contributed by atoms with Crippen LogP contribution in [-0.4, -0.2) is 13.6 Å². The van der Waals surface area contributed by atoms with E-state index in [2.05, 4.69) is 65.8 Å². The van der Waals surface area contributed by atoms with Gasteiger partial charge < -0.3 is 10.2 Å². The summed E-state index contributed by atoms with van der Waals surface area (Å²) >= 11 is 0. The second-order valence-corrected chi connectivity index (χ2v) is 5.17. The second-order valence-electron chi connectivity index (χ2n) is 5.17. The minimum atomic E-state index is 0.967. The molecule has 2 aromatic carbocycles. The number of nitrogens with zero attached hydrogens (tertiary/aromatic N) is 1. The molecule has 0 fully saturated rings. The molecular weight excluding hydrogens is 232 g/mol. The van der Waals surface area contributed by atoms with E-state index in [1.165, 1.54) is 35.3 Å². The van der Waals surface area contributed by atoms with Crippen LogP contribution in [0.2, 0.25) is 0 Å². The molecule has 1 aliphatic rings. The van der Waals surface area contributed by atoms with Crippen molar-refractivity contribution >= 4 is 11.4 Å². The lowest BCUT2D eigenvalue weighted by Gasteiger charge is -2.25. The van der Waals surface area contributed by atoms with Gasteiger partial charge >= 0.3 is 0 Å². The van der Waals surface area contributed by atoms with Gasteiger partial charge in [-0.1, -0.05) is 30.3 Å². The molecule has 0 aromatic heterocycles. The third-order valence-corrected chi connectivity index (χ3v) is 3.80. The lowest BCUT2D eigenvalue weighted by atomic mass is 9.97. The first-order valence-corrected chi connectivity index (χ1v) is 6.95. The van der Waals surface area contributed by atoms with E-state index in [4.69, 9.17) is 0 Å². The fourth-order valence-corrected chi connectivity index (χ4v) is 2.76. The Morgan fingerprint density at radius 1 is 1.05 bits per heavy atom. The number of hydrogen-bond donors (Lipinski definition) is 1. The summed E-state index contributed by atoms with van der Waals surface area (Å²) in [5, 5.41) is 3.50. The predicted octanol–water partition coefficient (Wildman–Crippen LogP) is 3.68. The number of anilines is 2. The normalized spacial score (nSPS) is 13.5. The van der Waals surface area contributed by atoms with Gasteiger partial charge in [0.2, 0.25) is 0 Å². The van der Waals surface area contributed by atoms with E-state index in [0.717, 1.165) is 13.1 Å². The predicted molar refractivity (Wildman–Crippen MR) is 81.8 cm³/mol. The third-order valence-electron chi connectivity index (χ3n) is 3.80. The van der Waals surface area contributed by atoms with Crippen molar-refractivity contribution in [1.82, 2.24) is 0 Å². The van der Waals surface area contributed by atoms with Crippen molar-refractivity contribution in [3.05, 3.63) is 59.7 Å². The minimum Gasteiger partial charge on any atom is -0.385 e. The van der Waals surface area contributed by atoms with Gasteiger partial charge in [-0.15, -0.1) is 0 Å². The summed E-state index contributed by atoms with van der Waals surface area (Å²) < 4.78 is 0. The molecule has 1 N–H and O–H groups in total. The molecule has 2 heteroatoms. The quantitative estimate of drug-likeness (QED) is 0.896. The molecule has 0 saturated heterocycles. The summed E-state index contributed by atoms with van der Waals surface area (Å²) in [5.74, 6) is 0. The Morgan fingerprint density at radius 2 is 1.89 bits per heavy atom. The number of nitrogens with one attached hydrogen (secondary N) is 1. The standard InChI is InChI=1S/C17H20N2/c1-19(15-8-3-2-4-9-15)13-14-7-5-11-17-16(14)10-6-12-18-17/h2-5,7-9,11,18H,6,10,12-13H2,1H3. The molecule has 2 nitrogen and oxygen atoms in total. The van der Waals surface area contributed by atoms with E-state index >= 15 is 0 Å². The summed E-state index contributed by atoms with van der Waals surface area (Å²) in [6.07, 6.45) is 2.43. The maximum Gasteiger partial charge on any atom is 0.0429 e. The van der Waals surface area contributed by atoms with Crippen molar-refractivity contribution in [3.63, 3.8) is 0 Å². The molecular formula is C17H20N2. The molecule has 19 heavy (non-hydrogen) atoms. The highest BCUT2D eigenvalue weighted by Gasteiger charge is 2.13. The molecule has 0 amide bonds. The van der Waals surface area contributed by atoms with E-state index in [1.807, 2.05) is 0 Å². The molecule has 0 atom stereocenters. The van der Waals surface area contributed by atoms with Crippen LogP contribution in [0.4, 0.5) is 11.4 Å². The van der Waals surface area contributed by atoms with Gasteiger partial charge in [-0.3, -0.25) is 0 Å². The topological polar surface area (TPSA) is 15.3 Å². The van der Waals surface area contributed by atoms with Crippen LogP contribution in [0, 0.1) is 0 Å². The van der Waals surface area contributed by atoms with E-state index in [9.17, 15) is 0 Å². The molecule has 0 bridgehead atoms. The zero-order chi connectivity index (χ0) is 13.1. The van der Waals surface area contributed by atoms with Crippen LogP contribution in [0.1, 0.15) is 17.5 Å². The Morgan fingerprint density at radius 3 is 2.74 bits per heavy atom. The first-order valence-electron chi connectivity index (χ1n) is 6.95. The molecule has 98 valence electrons. The molecule has 1 heterocycles. The highest BCUT2D eigenvalue weighted by atomic mass is 15.1.